The zero-order valence-electron chi connectivity index (χ0n) is 18.7. The third kappa shape index (κ3) is 7.74. The number of carbonyl (C=O) groups excluding carboxylic acids is 3. The Morgan fingerprint density at radius 3 is 2.24 bits per heavy atom. The predicted octanol–water partition coefficient (Wildman–Crippen LogP) is 3.64. The summed E-state index contributed by atoms with van der Waals surface area (Å²) in [5.74, 6) is -0.268. The van der Waals surface area contributed by atoms with Gasteiger partial charge in [0.25, 0.3) is 5.91 Å². The molecule has 4 N–H and O–H groups in total. The monoisotopic (exact) mass is 456 g/mol. The predicted molar refractivity (Wildman–Crippen MR) is 121 cm³/mol. The first-order valence-corrected chi connectivity index (χ1v) is 10.2. The molecule has 0 aliphatic carbocycles. The zero-order valence-corrected chi connectivity index (χ0v) is 18.7. The van der Waals surface area contributed by atoms with Gasteiger partial charge >= 0.3 is 6.09 Å². The van der Waals surface area contributed by atoms with Crippen molar-refractivity contribution in [2.24, 2.45) is 5.41 Å². The van der Waals surface area contributed by atoms with Crippen LogP contribution in [0.3, 0.4) is 0 Å². The maximum atomic E-state index is 12.7. The van der Waals surface area contributed by atoms with Crippen LogP contribution in [0.1, 0.15) is 42.8 Å². The van der Waals surface area contributed by atoms with Crippen LogP contribution in [0.15, 0.2) is 60.7 Å². The van der Waals surface area contributed by atoms with E-state index in [1.54, 1.807) is 62.4 Å². The van der Waals surface area contributed by atoms with E-state index >= 15 is 0 Å². The number of ether oxygens (including phenoxy) is 2. The van der Waals surface area contributed by atoms with Gasteiger partial charge in [-0.05, 0) is 48.9 Å². The van der Waals surface area contributed by atoms with Crippen LogP contribution in [-0.4, -0.2) is 41.3 Å². The van der Waals surface area contributed by atoms with Crippen molar-refractivity contribution in [1.82, 2.24) is 5.48 Å². The molecule has 1 atom stereocenters. The summed E-state index contributed by atoms with van der Waals surface area (Å²) < 4.78 is 11.1. The number of Topliss-reactive ketones (excluding diaryl/α,β-unsaturated/α-hetero) is 1. The Balaban J connectivity index is 2.25. The van der Waals surface area contributed by atoms with Gasteiger partial charge in [0.15, 0.2) is 5.78 Å². The second-order valence-corrected chi connectivity index (χ2v) is 7.82. The standard InChI is InChI=1S/C24H28N2O7/c1-16(28)17-4-8-19(9-5-17)25-23(30)33-22(24(2,3)13-12-21(29)26-31)18-6-10-20(11-7-18)32-15-14-27/h4-13,22,27,31H,14-15H2,1-3H3,(H,25,30)(H,26,29)/b13-12+/t22-/m0/s1. The maximum Gasteiger partial charge on any atom is 0.412 e. The minimum atomic E-state index is -0.851. The van der Waals surface area contributed by atoms with Gasteiger partial charge in [0.2, 0.25) is 0 Å². The molecule has 9 nitrogen and oxygen atoms in total. The summed E-state index contributed by atoms with van der Waals surface area (Å²) >= 11 is 0. The van der Waals surface area contributed by atoms with E-state index in [1.807, 2.05) is 0 Å². The van der Waals surface area contributed by atoms with Crippen molar-refractivity contribution in [3.05, 3.63) is 71.8 Å². The third-order valence-corrected chi connectivity index (χ3v) is 4.76. The van der Waals surface area contributed by atoms with Crippen LogP contribution in [0.5, 0.6) is 5.75 Å². The van der Waals surface area contributed by atoms with Gasteiger partial charge in [0, 0.05) is 22.7 Å². The molecule has 9 heteroatoms. The molecule has 0 aromatic heterocycles. The van der Waals surface area contributed by atoms with E-state index < -0.39 is 23.5 Å². The Hall–Kier alpha value is -3.69. The van der Waals surface area contributed by atoms with Gasteiger partial charge in [-0.3, -0.25) is 20.1 Å². The van der Waals surface area contributed by atoms with Gasteiger partial charge in [-0.15, -0.1) is 0 Å². The number of anilines is 1. The molecule has 0 aliphatic rings. The number of amides is 2. The van der Waals surface area contributed by atoms with Gasteiger partial charge in [0.05, 0.1) is 6.61 Å². The molecule has 2 amide bonds. The number of hydrogen-bond donors (Lipinski definition) is 4. The molecule has 2 aromatic carbocycles. The Morgan fingerprint density at radius 1 is 1.06 bits per heavy atom. The van der Waals surface area contributed by atoms with E-state index in [2.05, 4.69) is 5.32 Å². The first-order valence-electron chi connectivity index (χ1n) is 10.2. The highest BCUT2D eigenvalue weighted by molar-refractivity contribution is 5.95. The van der Waals surface area contributed by atoms with Crippen LogP contribution < -0.4 is 15.5 Å². The van der Waals surface area contributed by atoms with E-state index in [0.717, 1.165) is 6.08 Å². The van der Waals surface area contributed by atoms with Gasteiger partial charge in [-0.2, -0.15) is 0 Å². The molecule has 0 saturated heterocycles. The van der Waals surface area contributed by atoms with Crippen LogP contribution in [0, 0.1) is 5.41 Å². The minimum Gasteiger partial charge on any atom is -0.491 e. The van der Waals surface area contributed by atoms with E-state index in [1.165, 1.54) is 18.5 Å². The largest absolute Gasteiger partial charge is 0.491 e. The normalized spacial score (nSPS) is 12.2. The second kappa shape index (κ2) is 11.8. The van der Waals surface area contributed by atoms with Crippen LogP contribution in [0.2, 0.25) is 0 Å². The molecule has 0 aliphatic heterocycles. The molecule has 0 spiro atoms. The summed E-state index contributed by atoms with van der Waals surface area (Å²) in [5, 5.41) is 20.3. The molecule has 0 radical (unpaired) electrons. The molecular weight excluding hydrogens is 428 g/mol. The van der Waals surface area contributed by atoms with Crippen molar-refractivity contribution < 1.29 is 34.2 Å². The van der Waals surface area contributed by atoms with Crippen molar-refractivity contribution in [2.75, 3.05) is 18.5 Å². The highest BCUT2D eigenvalue weighted by Gasteiger charge is 2.32. The number of nitrogens with one attached hydrogen (secondary N) is 2. The first kappa shape index (κ1) is 25.6. The maximum absolute atomic E-state index is 12.7. The molecule has 0 unspecified atom stereocenters. The Bertz CT molecular complexity index is 983. The fraction of sp³-hybridized carbons (Fsp3) is 0.292. The topological polar surface area (TPSA) is 134 Å². The molecule has 0 saturated carbocycles. The number of benzene rings is 2. The van der Waals surface area contributed by atoms with Crippen LogP contribution in [0.25, 0.3) is 0 Å². The number of rotatable bonds is 10. The summed E-state index contributed by atoms with van der Waals surface area (Å²) in [6, 6.07) is 13.2. The van der Waals surface area contributed by atoms with Crippen LogP contribution >= 0.6 is 0 Å². The molecule has 0 heterocycles. The molecule has 2 rings (SSSR count). The molecular formula is C24H28N2O7. The van der Waals surface area contributed by atoms with Gasteiger partial charge in [-0.1, -0.05) is 32.1 Å². The van der Waals surface area contributed by atoms with E-state index in [9.17, 15) is 14.4 Å². The molecule has 33 heavy (non-hydrogen) atoms. The van der Waals surface area contributed by atoms with E-state index in [-0.39, 0.29) is 19.0 Å². The second-order valence-electron chi connectivity index (χ2n) is 7.82. The highest BCUT2D eigenvalue weighted by Crippen LogP contribution is 2.38. The summed E-state index contributed by atoms with van der Waals surface area (Å²) in [4.78, 5) is 35.6. The van der Waals surface area contributed by atoms with Crippen molar-refractivity contribution in [3.63, 3.8) is 0 Å². The third-order valence-electron chi connectivity index (χ3n) is 4.76. The number of carbonyl (C=O) groups is 3. The summed E-state index contributed by atoms with van der Waals surface area (Å²) in [5.41, 5.74) is 2.27. The molecule has 176 valence electrons. The summed E-state index contributed by atoms with van der Waals surface area (Å²) in [6.45, 7) is 5.02. The lowest BCUT2D eigenvalue weighted by Crippen LogP contribution is -2.28. The minimum absolute atomic E-state index is 0.0870. The fourth-order valence-corrected chi connectivity index (χ4v) is 3.01. The van der Waals surface area contributed by atoms with E-state index in [4.69, 9.17) is 19.8 Å². The van der Waals surface area contributed by atoms with Gasteiger partial charge in [0.1, 0.15) is 18.5 Å². The molecule has 2 aromatic rings. The molecule has 0 fully saturated rings. The lowest BCUT2D eigenvalue weighted by molar-refractivity contribution is -0.124. The Kier molecular flexibility index (Phi) is 9.14. The van der Waals surface area contributed by atoms with Crippen molar-refractivity contribution in [3.8, 4) is 5.75 Å². The highest BCUT2D eigenvalue weighted by atomic mass is 16.6. The number of aliphatic hydroxyl groups excluding tert-OH is 1. The summed E-state index contributed by atoms with van der Waals surface area (Å²) in [6.07, 6.45) is 1.12. The SMILES string of the molecule is CC(=O)c1ccc(NC(=O)O[C@@H](c2ccc(OCCO)cc2)C(C)(C)/C=C/C(=O)NO)cc1. The number of hydroxylamine groups is 1. The Morgan fingerprint density at radius 2 is 1.70 bits per heavy atom. The lowest BCUT2D eigenvalue weighted by Gasteiger charge is -2.31. The number of ketones is 1. The Labute approximate surface area is 192 Å². The van der Waals surface area contributed by atoms with Gasteiger partial charge in [-0.25, -0.2) is 10.3 Å². The van der Waals surface area contributed by atoms with Crippen molar-refractivity contribution in [1.29, 1.82) is 0 Å². The lowest BCUT2D eigenvalue weighted by atomic mass is 9.82. The van der Waals surface area contributed by atoms with Crippen molar-refractivity contribution in [2.45, 2.75) is 26.9 Å². The van der Waals surface area contributed by atoms with Crippen LogP contribution in [-0.2, 0) is 9.53 Å². The fourth-order valence-electron chi connectivity index (χ4n) is 3.01. The smallest absolute Gasteiger partial charge is 0.412 e. The average Bonchev–Trinajstić information content (AvgIpc) is 2.80. The van der Waals surface area contributed by atoms with Crippen LogP contribution in [0.4, 0.5) is 10.5 Å². The number of hydrogen-bond acceptors (Lipinski definition) is 7. The summed E-state index contributed by atoms with van der Waals surface area (Å²) in [7, 11) is 0. The van der Waals surface area contributed by atoms with Gasteiger partial charge < -0.3 is 14.6 Å². The van der Waals surface area contributed by atoms with Crippen molar-refractivity contribution >= 4 is 23.5 Å². The number of aliphatic hydroxyl groups is 1. The zero-order chi connectivity index (χ0) is 24.4. The first-order chi connectivity index (χ1) is 15.7. The van der Waals surface area contributed by atoms with E-state index in [0.29, 0.717) is 22.6 Å². The molecule has 0 bridgehead atoms. The average molecular weight is 456 g/mol. The quantitative estimate of drug-likeness (QED) is 0.186.